The molecule has 0 aliphatic carbocycles. The summed E-state index contributed by atoms with van der Waals surface area (Å²) in [6, 6.07) is 7.92. The maximum atomic E-state index is 12.9. The van der Waals surface area contributed by atoms with Crippen molar-refractivity contribution in [1.82, 2.24) is 19.9 Å². The second kappa shape index (κ2) is 10.9. The van der Waals surface area contributed by atoms with Crippen LogP contribution in [-0.2, 0) is 9.53 Å². The van der Waals surface area contributed by atoms with E-state index < -0.39 is 18.0 Å². The Morgan fingerprint density at radius 3 is 2.26 bits per heavy atom. The predicted molar refractivity (Wildman–Crippen MR) is 129 cm³/mol. The van der Waals surface area contributed by atoms with Crippen molar-refractivity contribution >= 4 is 39.7 Å². The number of methoxy groups -OCH3 is 3. The van der Waals surface area contributed by atoms with Crippen molar-refractivity contribution in [1.29, 1.82) is 0 Å². The van der Waals surface area contributed by atoms with Crippen molar-refractivity contribution in [3.63, 3.8) is 0 Å². The van der Waals surface area contributed by atoms with Crippen LogP contribution in [0, 0.1) is 6.92 Å². The quantitative estimate of drug-likeness (QED) is 0.246. The van der Waals surface area contributed by atoms with Gasteiger partial charge in [-0.15, -0.1) is 0 Å². The largest absolute Gasteiger partial charge is 0.494 e. The number of esters is 1. The topological polar surface area (TPSA) is 127 Å². The van der Waals surface area contributed by atoms with Gasteiger partial charge in [-0.2, -0.15) is 18.2 Å². The number of benzene rings is 2. The highest BCUT2D eigenvalue weighted by atomic mass is 19.4. The Balaban J connectivity index is 1.82. The number of carbonyl (C=O) groups excluding carboxylic acids is 1. The van der Waals surface area contributed by atoms with Gasteiger partial charge in [0, 0.05) is 12.5 Å². The Morgan fingerprint density at radius 1 is 0.868 bits per heavy atom. The Labute approximate surface area is 213 Å². The molecule has 2 aromatic heterocycles. The van der Waals surface area contributed by atoms with Gasteiger partial charge in [0.15, 0.2) is 11.5 Å². The van der Waals surface area contributed by atoms with Crippen molar-refractivity contribution in [2.24, 2.45) is 0 Å². The molecule has 0 spiro atoms. The zero-order chi connectivity index (χ0) is 27.4. The molecule has 4 aromatic rings. The lowest BCUT2D eigenvalue weighted by Crippen LogP contribution is -2.28. The lowest BCUT2D eigenvalue weighted by Gasteiger charge is -2.15. The van der Waals surface area contributed by atoms with Crippen molar-refractivity contribution < 1.29 is 41.7 Å². The third kappa shape index (κ3) is 5.44. The predicted octanol–water partition coefficient (Wildman–Crippen LogP) is 4.14. The van der Waals surface area contributed by atoms with E-state index in [0.717, 1.165) is 0 Å². The normalized spacial score (nSPS) is 11.4. The van der Waals surface area contributed by atoms with Gasteiger partial charge in [0.25, 0.3) is 0 Å². The van der Waals surface area contributed by atoms with E-state index in [0.29, 0.717) is 34.7 Å². The van der Waals surface area contributed by atoms with Crippen LogP contribution in [0.1, 0.15) is 5.69 Å². The van der Waals surface area contributed by atoms with Gasteiger partial charge < -0.3 is 23.7 Å². The molecule has 0 saturated carbocycles. The average Bonchev–Trinajstić information content (AvgIpc) is 2.88. The summed E-state index contributed by atoms with van der Waals surface area (Å²) in [6.45, 7) is 2.28. The highest BCUT2D eigenvalue weighted by Crippen LogP contribution is 2.37. The first-order valence-corrected chi connectivity index (χ1v) is 11.0. The zero-order valence-electron chi connectivity index (χ0n) is 20.7. The molecule has 0 saturated heterocycles. The van der Waals surface area contributed by atoms with E-state index in [1.165, 1.54) is 33.5 Å². The molecule has 2 heterocycles. The zero-order valence-corrected chi connectivity index (χ0v) is 20.7. The monoisotopic (exact) mass is 533 g/mol. The Hall–Kier alpha value is -4.46. The number of nitrogens with one attached hydrogen (secondary N) is 1. The highest BCUT2D eigenvalue weighted by molar-refractivity contribution is 5.92. The van der Waals surface area contributed by atoms with Gasteiger partial charge in [-0.05, 0) is 31.2 Å². The van der Waals surface area contributed by atoms with Crippen LogP contribution in [0.4, 0.5) is 25.1 Å². The first-order valence-electron chi connectivity index (χ1n) is 11.0. The summed E-state index contributed by atoms with van der Waals surface area (Å²) in [5, 5.41) is 3.47. The molecule has 0 radical (unpaired) electrons. The second-order valence-corrected chi connectivity index (χ2v) is 7.69. The van der Waals surface area contributed by atoms with E-state index in [4.69, 9.17) is 18.9 Å². The molecule has 11 nitrogen and oxygen atoms in total. The lowest BCUT2D eigenvalue weighted by atomic mass is 10.1. The second-order valence-electron chi connectivity index (χ2n) is 7.69. The molecule has 1 N–H and O–H groups in total. The minimum absolute atomic E-state index is 0.00203. The first kappa shape index (κ1) is 26.6. The Bertz CT molecular complexity index is 1500. The number of fused-ring (bicyclic) bond motifs is 2. The van der Waals surface area contributed by atoms with E-state index in [9.17, 15) is 18.0 Å². The number of hydrogen-bond acceptors (Lipinski definition) is 11. The third-order valence-corrected chi connectivity index (χ3v) is 5.25. The number of aromatic nitrogens is 4. The van der Waals surface area contributed by atoms with Gasteiger partial charge in [-0.25, -0.2) is 19.7 Å². The number of nitrogens with zero attached hydrogens (tertiary/aromatic N) is 4. The highest BCUT2D eigenvalue weighted by Gasteiger charge is 2.42. The van der Waals surface area contributed by atoms with Crippen LogP contribution in [0.15, 0.2) is 30.3 Å². The molecule has 0 unspecified atom stereocenters. The van der Waals surface area contributed by atoms with E-state index >= 15 is 0 Å². The summed E-state index contributed by atoms with van der Waals surface area (Å²) in [5.74, 6) is -2.32. The summed E-state index contributed by atoms with van der Waals surface area (Å²) >= 11 is 0. The fourth-order valence-electron chi connectivity index (χ4n) is 3.53. The van der Waals surface area contributed by atoms with E-state index in [2.05, 4.69) is 30.0 Å². The molecular weight excluding hydrogens is 511 g/mol. The summed E-state index contributed by atoms with van der Waals surface area (Å²) in [7, 11) is 4.38. The number of rotatable bonds is 9. The van der Waals surface area contributed by atoms with Gasteiger partial charge in [0.2, 0.25) is 17.8 Å². The molecular formula is C24H22F3N5O6. The number of anilines is 2. The van der Waals surface area contributed by atoms with Crippen LogP contribution in [0.25, 0.3) is 21.8 Å². The number of alkyl halides is 3. The molecule has 38 heavy (non-hydrogen) atoms. The van der Waals surface area contributed by atoms with E-state index in [1.54, 1.807) is 25.1 Å². The maximum absolute atomic E-state index is 12.9. The molecule has 2 aromatic carbocycles. The number of para-hydroxylation sites is 1. The minimum atomic E-state index is -5.24. The lowest BCUT2D eigenvalue weighted by molar-refractivity contribution is -0.189. The maximum Gasteiger partial charge on any atom is 0.491 e. The summed E-state index contributed by atoms with van der Waals surface area (Å²) < 4.78 is 64.9. The van der Waals surface area contributed by atoms with Gasteiger partial charge in [-0.1, -0.05) is 6.07 Å². The van der Waals surface area contributed by atoms with Crippen LogP contribution < -0.4 is 24.3 Å². The smallest absolute Gasteiger partial charge is 0.491 e. The third-order valence-electron chi connectivity index (χ3n) is 5.25. The minimum Gasteiger partial charge on any atom is -0.494 e. The van der Waals surface area contributed by atoms with Gasteiger partial charge >= 0.3 is 12.1 Å². The number of carbonyl (C=O) groups is 1. The Kier molecular flexibility index (Phi) is 7.62. The first-order chi connectivity index (χ1) is 18.2. The van der Waals surface area contributed by atoms with Crippen LogP contribution >= 0.6 is 0 Å². The van der Waals surface area contributed by atoms with Crippen molar-refractivity contribution in [2.75, 3.05) is 39.9 Å². The van der Waals surface area contributed by atoms with Crippen LogP contribution in [0.3, 0.4) is 0 Å². The van der Waals surface area contributed by atoms with Crippen molar-refractivity contribution in [3.05, 3.63) is 36.0 Å². The molecule has 200 valence electrons. The number of hydrogen-bond donors (Lipinski definition) is 1. The summed E-state index contributed by atoms with van der Waals surface area (Å²) in [5.41, 5.74) is 1.05. The number of aryl methyl sites for hydroxylation is 1. The van der Waals surface area contributed by atoms with Crippen LogP contribution in [0.2, 0.25) is 0 Å². The average molecular weight is 533 g/mol. The molecule has 14 heteroatoms. The van der Waals surface area contributed by atoms with E-state index in [-0.39, 0.29) is 35.2 Å². The van der Waals surface area contributed by atoms with Crippen LogP contribution in [0.5, 0.6) is 23.1 Å². The molecule has 4 rings (SSSR count). The fourth-order valence-corrected chi connectivity index (χ4v) is 3.53. The molecule has 0 amide bonds. The van der Waals surface area contributed by atoms with Crippen LogP contribution in [-0.4, -0.2) is 66.6 Å². The molecule has 0 fully saturated rings. The van der Waals surface area contributed by atoms with Gasteiger partial charge in [0.1, 0.15) is 23.4 Å². The van der Waals surface area contributed by atoms with Crippen molar-refractivity contribution in [3.8, 4) is 23.1 Å². The molecule has 0 atom stereocenters. The number of halogens is 3. The SMILES string of the molecule is COCCOc1c(OC)ccc2c(C)nc(Nc3nc(OC(=O)C(F)(F)F)c4cccc(OC)c4n3)nc12. The van der Waals surface area contributed by atoms with Gasteiger partial charge in [0.05, 0.1) is 31.9 Å². The number of ether oxygens (including phenoxy) is 5. The summed E-state index contributed by atoms with van der Waals surface area (Å²) in [6.07, 6.45) is -5.24. The molecule has 0 bridgehead atoms. The Morgan fingerprint density at radius 2 is 1.58 bits per heavy atom. The van der Waals surface area contributed by atoms with Crippen molar-refractivity contribution in [2.45, 2.75) is 13.1 Å². The van der Waals surface area contributed by atoms with Gasteiger partial charge in [-0.3, -0.25) is 5.32 Å². The summed E-state index contributed by atoms with van der Waals surface area (Å²) in [4.78, 5) is 28.8. The van der Waals surface area contributed by atoms with E-state index in [1.807, 2.05) is 0 Å². The molecule has 0 aliphatic rings. The molecule has 0 aliphatic heterocycles. The fraction of sp³-hybridized carbons (Fsp3) is 0.292. The standard InChI is InChI=1S/C24H22F3N5O6/c1-12-13-8-9-16(36-4)19(37-11-10-34-2)18(13)30-22(28-12)32-23-29-17-14(6-5-7-15(17)35-3)20(31-23)38-21(33)24(25,26)27/h5-9H,10-11H2,1-4H3,(H,28,29,30,31,32).